The van der Waals surface area contributed by atoms with Crippen molar-refractivity contribution in [2.24, 2.45) is 0 Å². The Kier molecular flexibility index (Phi) is 10.3. The number of hydrogen-bond donors (Lipinski definition) is 1. The summed E-state index contributed by atoms with van der Waals surface area (Å²) in [6.07, 6.45) is 10.4. The van der Waals surface area contributed by atoms with Gasteiger partial charge in [-0.15, -0.1) is 0 Å². The highest BCUT2D eigenvalue weighted by Gasteiger charge is 2.20. The van der Waals surface area contributed by atoms with E-state index in [0.717, 1.165) is 43.0 Å². The van der Waals surface area contributed by atoms with Gasteiger partial charge in [-0.1, -0.05) is 76.1 Å². The number of benzene rings is 3. The van der Waals surface area contributed by atoms with Crippen LogP contribution in [0.15, 0.2) is 42.5 Å². The predicted molar refractivity (Wildman–Crippen MR) is 133 cm³/mol. The Balaban J connectivity index is 1.65. The van der Waals surface area contributed by atoms with E-state index in [1.807, 2.05) is 12.1 Å². The lowest BCUT2D eigenvalue weighted by Crippen LogP contribution is -2.03. The van der Waals surface area contributed by atoms with Crippen LogP contribution in [0, 0.1) is 29.1 Å². The van der Waals surface area contributed by atoms with E-state index >= 15 is 4.39 Å². The molecule has 0 aromatic heterocycles. The van der Waals surface area contributed by atoms with Crippen LogP contribution >= 0.6 is 0 Å². The SMILES string of the molecule is CCCCCCCCCCc1ccc(-c2c(O)cc(F)c(CCc3cc(F)c(F)c(F)c3)c2F)cc1. The molecule has 36 heavy (non-hydrogen) atoms. The third-order valence-corrected chi connectivity index (χ3v) is 6.56. The summed E-state index contributed by atoms with van der Waals surface area (Å²) in [5.41, 5.74) is 1.15. The second-order valence-electron chi connectivity index (χ2n) is 9.34. The minimum Gasteiger partial charge on any atom is -0.507 e. The molecule has 194 valence electrons. The minimum absolute atomic E-state index is 0.0742. The standard InChI is InChI=1S/C30H33F5O/c1-2-3-4-5-6-7-8-9-10-20-11-14-22(15-12-20)28-27(36)19-24(31)23(29(28)34)16-13-21-17-25(32)30(35)26(33)18-21/h11-12,14-15,17-19,36H,2-10,13,16H2,1H3. The van der Waals surface area contributed by atoms with Crippen LogP contribution in [0.4, 0.5) is 22.0 Å². The first kappa shape index (κ1) is 27.7. The van der Waals surface area contributed by atoms with Gasteiger partial charge in [0, 0.05) is 11.6 Å². The van der Waals surface area contributed by atoms with Crippen molar-refractivity contribution < 1.29 is 27.1 Å². The maximum Gasteiger partial charge on any atom is 0.194 e. The van der Waals surface area contributed by atoms with Crippen molar-refractivity contribution in [1.29, 1.82) is 0 Å². The van der Waals surface area contributed by atoms with Crippen molar-refractivity contribution in [3.05, 3.63) is 88.2 Å². The van der Waals surface area contributed by atoms with Crippen molar-refractivity contribution in [1.82, 2.24) is 0 Å². The molecule has 0 aliphatic carbocycles. The third kappa shape index (κ3) is 7.31. The van der Waals surface area contributed by atoms with Crippen molar-refractivity contribution in [2.45, 2.75) is 77.6 Å². The molecule has 0 heterocycles. The van der Waals surface area contributed by atoms with E-state index in [0.29, 0.717) is 5.56 Å². The molecule has 0 spiro atoms. The summed E-state index contributed by atoms with van der Waals surface area (Å²) in [7, 11) is 0. The Labute approximate surface area is 210 Å². The van der Waals surface area contributed by atoms with Gasteiger partial charge in [0.25, 0.3) is 0 Å². The van der Waals surface area contributed by atoms with E-state index < -0.39 is 34.8 Å². The molecule has 0 fully saturated rings. The Hall–Kier alpha value is -2.89. The number of hydrogen-bond acceptors (Lipinski definition) is 1. The smallest absolute Gasteiger partial charge is 0.194 e. The number of unbranched alkanes of at least 4 members (excludes halogenated alkanes) is 7. The first-order valence-electron chi connectivity index (χ1n) is 12.7. The summed E-state index contributed by atoms with van der Waals surface area (Å²) < 4.78 is 69.9. The van der Waals surface area contributed by atoms with Gasteiger partial charge in [0.1, 0.15) is 17.4 Å². The summed E-state index contributed by atoms with van der Waals surface area (Å²) in [5, 5.41) is 10.3. The van der Waals surface area contributed by atoms with Crippen molar-refractivity contribution in [3.8, 4) is 16.9 Å². The molecule has 1 nitrogen and oxygen atoms in total. The average Bonchev–Trinajstić information content (AvgIpc) is 2.84. The summed E-state index contributed by atoms with van der Waals surface area (Å²) in [6, 6.07) is 9.61. The molecule has 3 aromatic rings. The second kappa shape index (κ2) is 13.4. The van der Waals surface area contributed by atoms with Gasteiger partial charge in [-0.3, -0.25) is 0 Å². The molecule has 0 bridgehead atoms. The fourth-order valence-electron chi connectivity index (χ4n) is 4.47. The van der Waals surface area contributed by atoms with E-state index in [9.17, 15) is 22.7 Å². The van der Waals surface area contributed by atoms with Gasteiger partial charge in [0.15, 0.2) is 17.5 Å². The quantitative estimate of drug-likeness (QED) is 0.140. The number of aromatic hydroxyl groups is 1. The van der Waals surface area contributed by atoms with Crippen LogP contribution in [0.5, 0.6) is 5.75 Å². The molecule has 3 aromatic carbocycles. The highest BCUT2D eigenvalue weighted by molar-refractivity contribution is 5.72. The Bertz CT molecular complexity index is 1120. The fourth-order valence-corrected chi connectivity index (χ4v) is 4.47. The Morgan fingerprint density at radius 2 is 1.17 bits per heavy atom. The van der Waals surface area contributed by atoms with Gasteiger partial charge < -0.3 is 5.11 Å². The van der Waals surface area contributed by atoms with Gasteiger partial charge in [0.2, 0.25) is 0 Å². The molecule has 0 radical (unpaired) electrons. The molecule has 0 saturated heterocycles. The molecule has 0 unspecified atom stereocenters. The topological polar surface area (TPSA) is 20.2 Å². The molecule has 6 heteroatoms. The minimum atomic E-state index is -1.59. The first-order valence-corrected chi connectivity index (χ1v) is 12.7. The maximum absolute atomic E-state index is 15.3. The molecule has 0 amide bonds. The molecular formula is C30H33F5O. The van der Waals surface area contributed by atoms with E-state index in [4.69, 9.17) is 0 Å². The Morgan fingerprint density at radius 1 is 0.583 bits per heavy atom. The lowest BCUT2D eigenvalue weighted by molar-refractivity contribution is 0.445. The normalized spacial score (nSPS) is 11.3. The van der Waals surface area contributed by atoms with Gasteiger partial charge in [-0.25, -0.2) is 22.0 Å². The number of phenolic OH excluding ortho intramolecular Hbond substituents is 1. The number of aryl methyl sites for hydroxylation is 2. The summed E-state index contributed by atoms with van der Waals surface area (Å²) in [5.74, 6) is -6.71. The zero-order chi connectivity index (χ0) is 26.1. The van der Waals surface area contributed by atoms with Crippen LogP contribution in [0.1, 0.15) is 75.0 Å². The van der Waals surface area contributed by atoms with E-state index in [1.165, 1.54) is 38.5 Å². The van der Waals surface area contributed by atoms with Crippen LogP contribution in [0.3, 0.4) is 0 Å². The van der Waals surface area contributed by atoms with Crippen LogP contribution in [-0.4, -0.2) is 5.11 Å². The molecule has 0 aliphatic rings. The zero-order valence-electron chi connectivity index (χ0n) is 20.7. The maximum atomic E-state index is 15.3. The summed E-state index contributed by atoms with van der Waals surface area (Å²) >= 11 is 0. The van der Waals surface area contributed by atoms with Crippen LogP contribution in [0.25, 0.3) is 11.1 Å². The van der Waals surface area contributed by atoms with Crippen molar-refractivity contribution in [2.75, 3.05) is 0 Å². The largest absolute Gasteiger partial charge is 0.507 e. The lowest BCUT2D eigenvalue weighted by Gasteiger charge is -2.13. The molecule has 3 rings (SSSR count). The van der Waals surface area contributed by atoms with Gasteiger partial charge in [-0.2, -0.15) is 0 Å². The van der Waals surface area contributed by atoms with Crippen LogP contribution in [0.2, 0.25) is 0 Å². The monoisotopic (exact) mass is 504 g/mol. The molecule has 0 atom stereocenters. The molecule has 1 N–H and O–H groups in total. The number of phenols is 1. The third-order valence-electron chi connectivity index (χ3n) is 6.56. The van der Waals surface area contributed by atoms with Crippen LogP contribution < -0.4 is 0 Å². The molecule has 0 saturated carbocycles. The summed E-state index contributed by atoms with van der Waals surface area (Å²) in [6.45, 7) is 2.21. The van der Waals surface area contributed by atoms with E-state index in [1.54, 1.807) is 12.1 Å². The lowest BCUT2D eigenvalue weighted by atomic mass is 9.95. The molecular weight excluding hydrogens is 471 g/mol. The number of halogens is 5. The molecule has 0 aliphatic heterocycles. The fraction of sp³-hybridized carbons (Fsp3) is 0.400. The average molecular weight is 505 g/mol. The van der Waals surface area contributed by atoms with E-state index in [2.05, 4.69) is 6.92 Å². The van der Waals surface area contributed by atoms with Crippen molar-refractivity contribution in [3.63, 3.8) is 0 Å². The second-order valence-corrected chi connectivity index (χ2v) is 9.34. The summed E-state index contributed by atoms with van der Waals surface area (Å²) in [4.78, 5) is 0. The predicted octanol–water partition coefficient (Wildman–Crippen LogP) is 9.22. The van der Waals surface area contributed by atoms with Gasteiger partial charge in [0.05, 0.1) is 5.56 Å². The van der Waals surface area contributed by atoms with E-state index in [-0.39, 0.29) is 29.5 Å². The highest BCUT2D eigenvalue weighted by atomic mass is 19.2. The van der Waals surface area contributed by atoms with Gasteiger partial charge >= 0.3 is 0 Å². The zero-order valence-corrected chi connectivity index (χ0v) is 20.7. The van der Waals surface area contributed by atoms with Crippen molar-refractivity contribution >= 4 is 0 Å². The van der Waals surface area contributed by atoms with Crippen LogP contribution in [-0.2, 0) is 19.3 Å². The highest BCUT2D eigenvalue weighted by Crippen LogP contribution is 2.36. The first-order chi connectivity index (χ1) is 17.3. The number of rotatable bonds is 13. The Morgan fingerprint density at radius 3 is 1.78 bits per heavy atom. The van der Waals surface area contributed by atoms with Gasteiger partial charge in [-0.05, 0) is 54.5 Å².